The van der Waals surface area contributed by atoms with Gasteiger partial charge in [0.15, 0.2) is 0 Å². The third-order valence-corrected chi connectivity index (χ3v) is 8.68. The minimum Gasteiger partial charge on any atom is -0.477 e. The summed E-state index contributed by atoms with van der Waals surface area (Å²) in [5.41, 5.74) is 6.33. The van der Waals surface area contributed by atoms with Crippen LogP contribution >= 0.6 is 23.1 Å². The van der Waals surface area contributed by atoms with E-state index in [4.69, 9.17) is 5.73 Å². The van der Waals surface area contributed by atoms with E-state index < -0.39 is 18.0 Å². The van der Waals surface area contributed by atoms with Crippen LogP contribution in [-0.4, -0.2) is 56.3 Å². The van der Waals surface area contributed by atoms with Gasteiger partial charge in [0.25, 0.3) is 6.33 Å². The van der Waals surface area contributed by atoms with Crippen molar-refractivity contribution >= 4 is 45.4 Å². The first-order valence-electron chi connectivity index (χ1n) is 11.1. The van der Waals surface area contributed by atoms with Crippen LogP contribution in [0.3, 0.4) is 0 Å². The van der Waals surface area contributed by atoms with Crippen LogP contribution in [0.25, 0.3) is 10.4 Å². The summed E-state index contributed by atoms with van der Waals surface area (Å²) in [5.74, 6) is -2.10. The zero-order chi connectivity index (χ0) is 23.2. The highest BCUT2D eigenvalue weighted by Gasteiger charge is 2.60. The summed E-state index contributed by atoms with van der Waals surface area (Å²) in [5, 5.41) is 21.1. The second kappa shape index (κ2) is 9.17. The molecular formula is C22H31N4O4S2+. The molecule has 2 aromatic heterocycles. The van der Waals surface area contributed by atoms with Crippen LogP contribution in [-0.2, 0) is 16.1 Å². The molecule has 0 unspecified atom stereocenters. The maximum absolute atomic E-state index is 12.6. The number of carboxylic acid groups (broad SMARTS) is 1. The fraction of sp³-hybridized carbons (Fsp3) is 0.591. The van der Waals surface area contributed by atoms with E-state index in [2.05, 4.69) is 21.6 Å². The highest BCUT2D eigenvalue weighted by molar-refractivity contribution is 7.98. The number of aliphatic hydroxyl groups excluding tert-OH is 1. The molecule has 4 heterocycles. The predicted octanol–water partition coefficient (Wildman–Crippen LogP) is 2.18. The fourth-order valence-electron chi connectivity index (χ4n) is 5.10. The number of hydrogen-bond acceptors (Lipinski definition) is 6. The lowest BCUT2D eigenvalue weighted by Crippen LogP contribution is -2.63. The molecule has 2 aliphatic heterocycles. The molecular weight excluding hydrogens is 448 g/mol. The largest absolute Gasteiger partial charge is 0.477 e. The van der Waals surface area contributed by atoms with Crippen LogP contribution in [0.15, 0.2) is 23.2 Å². The third-order valence-electron chi connectivity index (χ3n) is 6.59. The summed E-state index contributed by atoms with van der Waals surface area (Å²) in [6, 6.07) is -0.302. The molecule has 8 nitrogen and oxygen atoms in total. The van der Waals surface area contributed by atoms with Gasteiger partial charge in [-0.1, -0.05) is 36.4 Å². The van der Waals surface area contributed by atoms with E-state index >= 15 is 0 Å². The number of amides is 1. The fourth-order valence-corrected chi connectivity index (χ4v) is 7.30. The van der Waals surface area contributed by atoms with Crippen molar-refractivity contribution in [2.75, 3.05) is 12.8 Å². The number of imidazole rings is 1. The number of hydrogen-bond donors (Lipinski definition) is 3. The van der Waals surface area contributed by atoms with Gasteiger partial charge in [-0.25, -0.2) is 9.36 Å². The number of thiazole rings is 1. The molecule has 0 saturated carbocycles. The van der Waals surface area contributed by atoms with Crippen LogP contribution in [0.2, 0.25) is 0 Å². The number of aliphatic hydroxyl groups is 1. The normalized spacial score (nSPS) is 23.7. The zero-order valence-corrected chi connectivity index (χ0v) is 20.3. The van der Waals surface area contributed by atoms with Crippen molar-refractivity contribution in [3.63, 3.8) is 0 Å². The number of carbonyl (C=O) groups is 2. The van der Waals surface area contributed by atoms with Crippen molar-refractivity contribution in [3.05, 3.63) is 23.1 Å². The Kier molecular flexibility index (Phi) is 6.67. The number of thioether (sulfide) groups is 1. The average Bonchev–Trinajstić information content (AvgIpc) is 3.34. The molecule has 0 aliphatic carbocycles. The van der Waals surface area contributed by atoms with E-state index in [1.165, 1.54) is 4.90 Å². The Balaban J connectivity index is 1.65. The molecule has 1 saturated heterocycles. The summed E-state index contributed by atoms with van der Waals surface area (Å²) >= 11 is 3.25. The third kappa shape index (κ3) is 3.67. The Morgan fingerprint density at radius 2 is 2.06 bits per heavy atom. The number of unbranched alkanes of at least 4 members (excludes halogenated alkanes) is 3. The van der Waals surface area contributed by atoms with Crippen LogP contribution in [0.1, 0.15) is 44.4 Å². The van der Waals surface area contributed by atoms with Crippen LogP contribution < -0.4 is 10.3 Å². The molecule has 1 amide bonds. The predicted molar refractivity (Wildman–Crippen MR) is 124 cm³/mol. The molecule has 4 rings (SSSR count). The standard InChI is InChI=1S/C22H30N4O4S2/c1-12-15(18(22(29)30)26-17(12)16(13(2)27)19(26)28)14-10-25-11-24(9-7-5-4-6-8-23)20(31-3)21(25)32-14/h10-13,16-17,27H,4-9,23H2,1-3H3/p+1/t12-,13+,16+,17+/m0/s1. The molecule has 4 atom stereocenters. The van der Waals surface area contributed by atoms with Gasteiger partial charge < -0.3 is 20.8 Å². The number of nitrogens with zero attached hydrogens (tertiary/aromatic N) is 3. The number of aliphatic carboxylic acids is 1. The number of rotatable bonds is 10. The molecule has 32 heavy (non-hydrogen) atoms. The monoisotopic (exact) mass is 479 g/mol. The van der Waals surface area contributed by atoms with E-state index in [0.29, 0.717) is 5.57 Å². The molecule has 4 N–H and O–H groups in total. The topological polar surface area (TPSA) is 112 Å². The quantitative estimate of drug-likeness (QED) is 0.208. The lowest BCUT2D eigenvalue weighted by atomic mass is 9.77. The minimum absolute atomic E-state index is 0.0624. The van der Waals surface area contributed by atoms with Crippen LogP contribution in [0.4, 0.5) is 0 Å². The number of β-lactam (4-membered cyclic amide) rings is 1. The molecule has 2 aliphatic rings. The van der Waals surface area contributed by atoms with E-state index in [0.717, 1.165) is 53.5 Å². The number of nitrogens with two attached hydrogens (primary N) is 1. The number of fused-ring (bicyclic) bond motifs is 2. The van der Waals surface area contributed by atoms with E-state index in [1.54, 1.807) is 30.0 Å². The van der Waals surface area contributed by atoms with Crippen molar-refractivity contribution in [3.8, 4) is 0 Å². The maximum atomic E-state index is 12.6. The van der Waals surface area contributed by atoms with Gasteiger partial charge in [0.1, 0.15) is 11.9 Å². The van der Waals surface area contributed by atoms with Gasteiger partial charge in [0.2, 0.25) is 15.8 Å². The molecule has 0 aromatic carbocycles. The number of aryl methyl sites for hydroxylation is 1. The summed E-state index contributed by atoms with van der Waals surface area (Å²) in [4.78, 5) is 28.1. The number of carbonyl (C=O) groups excluding carboxylic acids is 1. The zero-order valence-electron chi connectivity index (χ0n) is 18.7. The summed E-state index contributed by atoms with van der Waals surface area (Å²) in [6.45, 7) is 5.23. The Hall–Kier alpha value is -1.88. The van der Waals surface area contributed by atoms with Gasteiger partial charge in [0.05, 0.1) is 29.5 Å². The van der Waals surface area contributed by atoms with E-state index in [-0.39, 0.29) is 23.6 Å². The van der Waals surface area contributed by atoms with Gasteiger partial charge >= 0.3 is 5.97 Å². The lowest BCUT2D eigenvalue weighted by molar-refractivity contribution is -0.730. The molecule has 1 fully saturated rings. The van der Waals surface area contributed by atoms with Gasteiger partial charge in [-0.05, 0) is 39.0 Å². The number of carboxylic acids is 1. The van der Waals surface area contributed by atoms with Crippen LogP contribution in [0.5, 0.6) is 0 Å². The Labute approximate surface area is 195 Å². The minimum atomic E-state index is -1.09. The van der Waals surface area contributed by atoms with E-state index in [1.807, 2.05) is 13.1 Å². The number of aromatic nitrogens is 2. The second-order valence-corrected chi connectivity index (χ2v) is 10.5. The summed E-state index contributed by atoms with van der Waals surface area (Å²) in [7, 11) is 0. The maximum Gasteiger partial charge on any atom is 0.352 e. The average molecular weight is 480 g/mol. The molecule has 0 spiro atoms. The van der Waals surface area contributed by atoms with Crippen molar-refractivity contribution < 1.29 is 24.4 Å². The Morgan fingerprint density at radius 1 is 1.34 bits per heavy atom. The van der Waals surface area contributed by atoms with Gasteiger partial charge in [0, 0.05) is 11.5 Å². The second-order valence-electron chi connectivity index (χ2n) is 8.65. The van der Waals surface area contributed by atoms with E-state index in [9.17, 15) is 19.8 Å². The lowest BCUT2D eigenvalue weighted by Gasteiger charge is -2.46. The molecule has 0 radical (unpaired) electrons. The van der Waals surface area contributed by atoms with Crippen molar-refractivity contribution in [1.82, 2.24) is 9.30 Å². The summed E-state index contributed by atoms with van der Waals surface area (Å²) in [6.07, 6.45) is 9.75. The van der Waals surface area contributed by atoms with Crippen molar-refractivity contribution in [1.29, 1.82) is 0 Å². The van der Waals surface area contributed by atoms with Gasteiger partial charge in [-0.2, -0.15) is 4.40 Å². The van der Waals surface area contributed by atoms with Gasteiger partial charge in [-0.3, -0.25) is 4.79 Å². The highest BCUT2D eigenvalue weighted by Crippen LogP contribution is 2.51. The first-order valence-corrected chi connectivity index (χ1v) is 13.1. The molecule has 0 bridgehead atoms. The molecule has 10 heteroatoms. The highest BCUT2D eigenvalue weighted by atomic mass is 32.2. The molecule has 2 aromatic rings. The molecule has 174 valence electrons. The Bertz CT molecular complexity index is 1070. The Morgan fingerprint density at radius 3 is 2.69 bits per heavy atom. The summed E-state index contributed by atoms with van der Waals surface area (Å²) < 4.78 is 4.32. The smallest absolute Gasteiger partial charge is 0.352 e. The SMILES string of the molecule is CSc1c2sc(C3=C(C(=O)O)N4C(=O)[C@H]([C@@H](C)O)[C@H]4[C@H]3C)cn2c[n+]1CCCCCCN. The first kappa shape index (κ1) is 23.3. The van der Waals surface area contributed by atoms with Gasteiger partial charge in [-0.15, -0.1) is 0 Å². The first-order chi connectivity index (χ1) is 15.3. The van der Waals surface area contributed by atoms with Crippen LogP contribution in [0, 0.1) is 11.8 Å². The van der Waals surface area contributed by atoms with Crippen molar-refractivity contribution in [2.45, 2.75) is 63.2 Å². The van der Waals surface area contributed by atoms with Crippen molar-refractivity contribution in [2.24, 2.45) is 17.6 Å².